The first-order valence-electron chi connectivity index (χ1n) is 7.61. The molecule has 0 spiro atoms. The van der Waals surface area contributed by atoms with E-state index >= 15 is 0 Å². The monoisotopic (exact) mass is 303 g/mol. The van der Waals surface area contributed by atoms with Gasteiger partial charge in [0, 0.05) is 31.2 Å². The Morgan fingerprint density at radius 2 is 2.27 bits per heavy atom. The number of benzene rings is 1. The van der Waals surface area contributed by atoms with E-state index in [2.05, 4.69) is 27.9 Å². The first-order valence-corrected chi connectivity index (χ1v) is 7.61. The fraction of sp³-hybridized carbons (Fsp3) is 0.500. The van der Waals surface area contributed by atoms with E-state index < -0.39 is 0 Å². The number of aliphatic imine (C=N–C) groups is 1. The predicted octanol–water partition coefficient (Wildman–Crippen LogP) is 0.415. The zero-order valence-corrected chi connectivity index (χ0v) is 13.5. The molecule has 1 aromatic carbocycles. The molecule has 1 unspecified atom stereocenters. The van der Waals surface area contributed by atoms with Gasteiger partial charge in [-0.05, 0) is 38.7 Å². The molecule has 0 bridgehead atoms. The number of guanidine groups is 1. The zero-order chi connectivity index (χ0) is 15.9. The summed E-state index contributed by atoms with van der Waals surface area (Å²) >= 11 is 0. The Kier molecular flexibility index (Phi) is 5.77. The van der Waals surface area contributed by atoms with Gasteiger partial charge >= 0.3 is 0 Å². The Morgan fingerprint density at radius 1 is 1.45 bits per heavy atom. The molecule has 1 heterocycles. The predicted molar refractivity (Wildman–Crippen MR) is 89.1 cm³/mol. The summed E-state index contributed by atoms with van der Waals surface area (Å²) in [5.41, 5.74) is 1.75. The van der Waals surface area contributed by atoms with Gasteiger partial charge in [-0.3, -0.25) is 9.79 Å². The molecule has 1 aliphatic rings. The summed E-state index contributed by atoms with van der Waals surface area (Å²) in [6, 6.07) is 8.04. The smallest absolute Gasteiger partial charge is 0.251 e. The van der Waals surface area contributed by atoms with Crippen LogP contribution in [0.25, 0.3) is 0 Å². The number of nitrogens with one attached hydrogen (secondary N) is 3. The molecule has 6 heteroatoms. The van der Waals surface area contributed by atoms with E-state index in [9.17, 15) is 4.79 Å². The second-order valence-electron chi connectivity index (χ2n) is 5.85. The summed E-state index contributed by atoms with van der Waals surface area (Å²) in [5, 5.41) is 9.43. The number of carbonyl (C=O) groups excluding carboxylic acids is 1. The van der Waals surface area contributed by atoms with E-state index in [4.69, 9.17) is 0 Å². The van der Waals surface area contributed by atoms with Gasteiger partial charge in [-0.25, -0.2) is 0 Å². The van der Waals surface area contributed by atoms with Crippen molar-refractivity contribution >= 4 is 11.9 Å². The molecule has 120 valence electrons. The average Bonchev–Trinajstić information content (AvgIpc) is 2.90. The lowest BCUT2D eigenvalue weighted by Gasteiger charge is -2.12. The van der Waals surface area contributed by atoms with Gasteiger partial charge < -0.3 is 20.9 Å². The summed E-state index contributed by atoms with van der Waals surface area (Å²) in [5.74, 6) is 0.794. The number of hydrogen-bond acceptors (Lipinski definition) is 5. The van der Waals surface area contributed by atoms with Crippen LogP contribution in [0.5, 0.6) is 0 Å². The number of rotatable bonds is 6. The highest BCUT2D eigenvalue weighted by Gasteiger charge is 2.12. The lowest BCUT2D eigenvalue weighted by Crippen LogP contribution is -2.37. The topological polar surface area (TPSA) is 68.8 Å². The van der Waals surface area contributed by atoms with Crippen molar-refractivity contribution in [2.24, 2.45) is 4.99 Å². The largest absolute Gasteiger partial charge is 0.352 e. The van der Waals surface area contributed by atoms with Crippen molar-refractivity contribution in [1.29, 1.82) is 0 Å². The fourth-order valence-corrected chi connectivity index (χ4v) is 2.16. The summed E-state index contributed by atoms with van der Waals surface area (Å²) in [6.07, 6.45) is 0. The van der Waals surface area contributed by atoms with Crippen LogP contribution >= 0.6 is 0 Å². The molecule has 0 saturated carbocycles. The molecule has 1 amide bonds. The van der Waals surface area contributed by atoms with Gasteiger partial charge in [-0.1, -0.05) is 12.1 Å². The van der Waals surface area contributed by atoms with Crippen molar-refractivity contribution < 1.29 is 4.79 Å². The normalized spacial score (nSPS) is 17.1. The Labute approximate surface area is 132 Å². The van der Waals surface area contributed by atoms with Crippen LogP contribution in [0.3, 0.4) is 0 Å². The Morgan fingerprint density at radius 3 is 2.95 bits per heavy atom. The maximum absolute atomic E-state index is 12.1. The van der Waals surface area contributed by atoms with E-state index in [1.165, 1.54) is 0 Å². The second-order valence-corrected chi connectivity index (χ2v) is 5.85. The first kappa shape index (κ1) is 16.3. The highest BCUT2D eigenvalue weighted by molar-refractivity contribution is 5.94. The molecule has 22 heavy (non-hydrogen) atoms. The molecule has 3 N–H and O–H groups in total. The molecule has 2 rings (SSSR count). The van der Waals surface area contributed by atoms with Crippen molar-refractivity contribution in [3.05, 3.63) is 35.4 Å². The molecule has 1 aliphatic heterocycles. The van der Waals surface area contributed by atoms with E-state index in [1.807, 2.05) is 43.3 Å². The van der Waals surface area contributed by atoms with Crippen molar-refractivity contribution in [2.45, 2.75) is 19.5 Å². The number of amides is 1. The van der Waals surface area contributed by atoms with Crippen LogP contribution in [0.4, 0.5) is 0 Å². The molecule has 0 fully saturated rings. The van der Waals surface area contributed by atoms with Crippen LogP contribution in [-0.2, 0) is 6.54 Å². The number of nitrogens with zero attached hydrogens (tertiary/aromatic N) is 2. The maximum Gasteiger partial charge on any atom is 0.251 e. The Balaban J connectivity index is 1.85. The van der Waals surface area contributed by atoms with Crippen LogP contribution in [0.1, 0.15) is 22.8 Å². The standard InChI is InChI=1S/C16H25N5O/c1-12-10-18-16(20-12)19-11-13-5-4-6-14(9-13)15(22)17-7-8-21(2)3/h4-6,9,12H,7-8,10-11H2,1-3H3,(H,17,22)(H2,18,19,20). The summed E-state index contributed by atoms with van der Waals surface area (Å²) in [4.78, 5) is 18.5. The third kappa shape index (κ3) is 5.04. The van der Waals surface area contributed by atoms with Gasteiger partial charge in [0.05, 0.1) is 6.54 Å². The van der Waals surface area contributed by atoms with Crippen molar-refractivity contribution in [1.82, 2.24) is 20.9 Å². The minimum atomic E-state index is -0.0337. The van der Waals surface area contributed by atoms with Crippen LogP contribution in [0, 0.1) is 0 Å². The minimum Gasteiger partial charge on any atom is -0.352 e. The number of carbonyl (C=O) groups is 1. The van der Waals surface area contributed by atoms with E-state index in [0.29, 0.717) is 24.7 Å². The summed E-state index contributed by atoms with van der Waals surface area (Å²) < 4.78 is 0. The van der Waals surface area contributed by atoms with Crippen LogP contribution in [-0.4, -0.2) is 56.5 Å². The van der Waals surface area contributed by atoms with Gasteiger partial charge in [0.15, 0.2) is 5.96 Å². The molecule has 1 aromatic rings. The van der Waals surface area contributed by atoms with Crippen LogP contribution < -0.4 is 16.0 Å². The third-order valence-corrected chi connectivity index (χ3v) is 3.40. The first-order chi connectivity index (χ1) is 10.5. The highest BCUT2D eigenvalue weighted by Crippen LogP contribution is 2.05. The Bertz CT molecular complexity index is 541. The quantitative estimate of drug-likeness (QED) is 0.712. The van der Waals surface area contributed by atoms with Crippen molar-refractivity contribution in [3.63, 3.8) is 0 Å². The molecular formula is C16H25N5O. The second kappa shape index (κ2) is 7.79. The molecule has 0 aliphatic carbocycles. The minimum absolute atomic E-state index is 0.0337. The lowest BCUT2D eigenvalue weighted by atomic mass is 10.1. The average molecular weight is 303 g/mol. The highest BCUT2D eigenvalue weighted by atomic mass is 16.1. The lowest BCUT2D eigenvalue weighted by molar-refractivity contribution is 0.0951. The van der Waals surface area contributed by atoms with Gasteiger partial charge in [-0.2, -0.15) is 0 Å². The van der Waals surface area contributed by atoms with Gasteiger partial charge in [-0.15, -0.1) is 0 Å². The van der Waals surface area contributed by atoms with Gasteiger partial charge in [0.2, 0.25) is 0 Å². The van der Waals surface area contributed by atoms with Gasteiger partial charge in [0.1, 0.15) is 0 Å². The summed E-state index contributed by atoms with van der Waals surface area (Å²) in [6.45, 7) is 5.02. The van der Waals surface area contributed by atoms with Crippen LogP contribution in [0.15, 0.2) is 29.3 Å². The molecule has 0 aromatic heterocycles. The molecular weight excluding hydrogens is 278 g/mol. The number of likely N-dealkylation sites (N-methyl/N-ethyl adjacent to an activating group) is 1. The molecule has 1 atom stereocenters. The van der Waals surface area contributed by atoms with Crippen molar-refractivity contribution in [2.75, 3.05) is 33.7 Å². The fourth-order valence-electron chi connectivity index (χ4n) is 2.16. The van der Waals surface area contributed by atoms with E-state index in [1.54, 1.807) is 0 Å². The molecule has 0 saturated heterocycles. The third-order valence-electron chi connectivity index (χ3n) is 3.40. The summed E-state index contributed by atoms with van der Waals surface area (Å²) in [7, 11) is 3.97. The molecule has 6 nitrogen and oxygen atoms in total. The maximum atomic E-state index is 12.1. The molecule has 0 radical (unpaired) electrons. The van der Waals surface area contributed by atoms with Crippen molar-refractivity contribution in [3.8, 4) is 0 Å². The Hall–Kier alpha value is -2.08. The van der Waals surface area contributed by atoms with Gasteiger partial charge in [0.25, 0.3) is 5.91 Å². The van der Waals surface area contributed by atoms with E-state index in [0.717, 1.165) is 24.6 Å². The SMILES string of the molecule is CC1CN=C(NCc2cccc(C(=O)NCCN(C)C)c2)N1. The van der Waals surface area contributed by atoms with E-state index in [-0.39, 0.29) is 5.91 Å². The zero-order valence-electron chi connectivity index (χ0n) is 13.5. The van der Waals surface area contributed by atoms with Crippen LogP contribution in [0.2, 0.25) is 0 Å². The number of hydrogen-bond donors (Lipinski definition) is 3.